The van der Waals surface area contributed by atoms with Crippen molar-refractivity contribution < 1.29 is 26.3 Å². The Bertz CT molecular complexity index is 1360. The molecule has 7 heteroatoms. The summed E-state index contributed by atoms with van der Waals surface area (Å²) in [6.07, 6.45) is 3.92. The van der Waals surface area contributed by atoms with E-state index in [0.717, 1.165) is 37.5 Å². The fourth-order valence-electron chi connectivity index (χ4n) is 3.55. The number of carbonyl (C=O) groups is 1. The number of fused-ring (bicyclic) bond motifs is 5. The van der Waals surface area contributed by atoms with E-state index in [2.05, 4.69) is 27.0 Å². The molecular formula is C21H15BrClN3O2. The van der Waals surface area contributed by atoms with E-state index in [1.807, 2.05) is 70.0 Å². The lowest BCUT2D eigenvalue weighted by atomic mass is 10.1. The van der Waals surface area contributed by atoms with Gasteiger partial charge in [-0.15, -0.1) is 0 Å². The van der Waals surface area contributed by atoms with Gasteiger partial charge in [-0.1, -0.05) is 40.2 Å². The smallest absolute Gasteiger partial charge is 0.378 e. The molecule has 0 bridgehead atoms. The predicted octanol–water partition coefficient (Wildman–Crippen LogP) is 1.40. The van der Waals surface area contributed by atoms with Crippen LogP contribution in [-0.4, -0.2) is 22.6 Å². The minimum Gasteiger partial charge on any atom is -1.00 e. The Labute approximate surface area is 175 Å². The molecule has 0 atom stereocenters. The Balaban J connectivity index is 0.00000192. The SMILES string of the molecule is COC(=O)c1cc2c3ccccc3[nH]c2c2cn(-c3cccc(Br)c3)c[n+]12.[Cl-]. The molecule has 2 aromatic carbocycles. The molecule has 0 spiro atoms. The summed E-state index contributed by atoms with van der Waals surface area (Å²) < 4.78 is 9.88. The molecule has 3 heterocycles. The average Bonchev–Trinajstić information content (AvgIpc) is 3.28. The van der Waals surface area contributed by atoms with Gasteiger partial charge in [-0.05, 0) is 24.3 Å². The third kappa shape index (κ3) is 2.77. The van der Waals surface area contributed by atoms with Crippen LogP contribution < -0.4 is 16.8 Å². The zero-order valence-corrected chi connectivity index (χ0v) is 17.2. The number of hydrogen-bond donors (Lipinski definition) is 1. The highest BCUT2D eigenvalue weighted by atomic mass is 79.9. The number of aromatic amines is 1. The number of hydrogen-bond acceptors (Lipinski definition) is 2. The van der Waals surface area contributed by atoms with Gasteiger partial charge in [0.1, 0.15) is 11.9 Å². The van der Waals surface area contributed by atoms with E-state index < -0.39 is 0 Å². The molecule has 0 radical (unpaired) electrons. The Kier molecular flexibility index (Phi) is 4.61. The van der Waals surface area contributed by atoms with E-state index in [0.29, 0.717) is 5.69 Å². The molecule has 0 aliphatic rings. The molecule has 5 nitrogen and oxygen atoms in total. The number of aromatic nitrogens is 3. The van der Waals surface area contributed by atoms with Crippen molar-refractivity contribution in [3.63, 3.8) is 0 Å². The lowest BCUT2D eigenvalue weighted by molar-refractivity contribution is -0.514. The number of nitrogens with one attached hydrogen (secondary N) is 1. The number of H-pyrrole nitrogens is 1. The lowest BCUT2D eigenvalue weighted by Crippen LogP contribution is -3.00. The second-order valence-corrected chi connectivity index (χ2v) is 7.28. The largest absolute Gasteiger partial charge is 1.00 e. The van der Waals surface area contributed by atoms with Gasteiger partial charge in [0, 0.05) is 26.8 Å². The van der Waals surface area contributed by atoms with Crippen LogP contribution >= 0.6 is 15.9 Å². The number of nitrogens with zero attached hydrogens (tertiary/aromatic N) is 2. The summed E-state index contributed by atoms with van der Waals surface area (Å²) >= 11 is 3.51. The van der Waals surface area contributed by atoms with Crippen molar-refractivity contribution in [2.45, 2.75) is 0 Å². The zero-order chi connectivity index (χ0) is 18.5. The van der Waals surface area contributed by atoms with Crippen LogP contribution in [0.1, 0.15) is 10.5 Å². The number of methoxy groups -OCH3 is 1. The van der Waals surface area contributed by atoms with E-state index in [4.69, 9.17) is 4.74 Å². The molecule has 0 fully saturated rings. The number of halogens is 2. The molecule has 0 amide bonds. The molecule has 0 saturated carbocycles. The van der Waals surface area contributed by atoms with Crippen LogP contribution in [0.4, 0.5) is 0 Å². The minimum absolute atomic E-state index is 0. The quantitative estimate of drug-likeness (QED) is 0.323. The monoisotopic (exact) mass is 455 g/mol. The zero-order valence-electron chi connectivity index (χ0n) is 14.8. The van der Waals surface area contributed by atoms with Crippen LogP contribution in [0.3, 0.4) is 0 Å². The Hall–Kier alpha value is -2.83. The second-order valence-electron chi connectivity index (χ2n) is 6.37. The number of ether oxygens (including phenoxy) is 1. The summed E-state index contributed by atoms with van der Waals surface area (Å²) in [5.74, 6) is -0.371. The second kappa shape index (κ2) is 6.96. The number of para-hydroxylation sites is 1. The van der Waals surface area contributed by atoms with Crippen LogP contribution in [0, 0.1) is 0 Å². The highest BCUT2D eigenvalue weighted by Crippen LogP contribution is 2.28. The molecule has 5 rings (SSSR count). The third-order valence-corrected chi connectivity index (χ3v) is 5.30. The maximum atomic E-state index is 12.5. The summed E-state index contributed by atoms with van der Waals surface area (Å²) in [6, 6.07) is 18.0. The van der Waals surface area contributed by atoms with Gasteiger partial charge in [-0.2, -0.15) is 4.40 Å². The highest BCUT2D eigenvalue weighted by Gasteiger charge is 2.23. The van der Waals surface area contributed by atoms with Crippen LogP contribution in [0.5, 0.6) is 0 Å². The number of rotatable bonds is 2. The first-order valence-corrected chi connectivity index (χ1v) is 9.26. The van der Waals surface area contributed by atoms with Gasteiger partial charge in [0.2, 0.25) is 5.69 Å². The van der Waals surface area contributed by atoms with Crippen LogP contribution in [0.25, 0.3) is 33.0 Å². The standard InChI is InChI=1S/C21H14BrN3O2.ClH/c1-27-21(26)18-10-16-15-7-2-3-8-17(15)23-20(16)19-11-24(12-25(18)19)14-6-4-5-13(22)9-14;/h2-12H,1H3;1H. The van der Waals surface area contributed by atoms with Gasteiger partial charge in [-0.25, -0.2) is 9.36 Å². The van der Waals surface area contributed by atoms with E-state index in [-0.39, 0.29) is 18.4 Å². The van der Waals surface area contributed by atoms with Crippen molar-refractivity contribution in [2.75, 3.05) is 7.11 Å². The molecule has 0 unspecified atom stereocenters. The Morgan fingerprint density at radius 1 is 1.11 bits per heavy atom. The molecule has 140 valence electrons. The summed E-state index contributed by atoms with van der Waals surface area (Å²) in [7, 11) is 1.40. The van der Waals surface area contributed by atoms with E-state index >= 15 is 0 Å². The van der Waals surface area contributed by atoms with Gasteiger partial charge in [0.15, 0.2) is 5.52 Å². The lowest BCUT2D eigenvalue weighted by Gasteiger charge is -1.99. The molecule has 0 saturated heterocycles. The van der Waals surface area contributed by atoms with Crippen molar-refractivity contribution in [1.82, 2.24) is 9.55 Å². The highest BCUT2D eigenvalue weighted by molar-refractivity contribution is 9.10. The Morgan fingerprint density at radius 2 is 1.93 bits per heavy atom. The van der Waals surface area contributed by atoms with Crippen LogP contribution in [-0.2, 0) is 4.74 Å². The number of benzene rings is 2. The van der Waals surface area contributed by atoms with Gasteiger partial charge in [0.05, 0.1) is 12.6 Å². The van der Waals surface area contributed by atoms with Crippen molar-refractivity contribution in [2.24, 2.45) is 0 Å². The van der Waals surface area contributed by atoms with Crippen LogP contribution in [0.15, 0.2) is 71.6 Å². The maximum absolute atomic E-state index is 12.5. The first-order chi connectivity index (χ1) is 13.2. The van der Waals surface area contributed by atoms with Gasteiger partial charge in [-0.3, -0.25) is 0 Å². The fraction of sp³-hybridized carbons (Fsp3) is 0.0476. The van der Waals surface area contributed by atoms with Gasteiger partial charge in [0.25, 0.3) is 6.33 Å². The van der Waals surface area contributed by atoms with Crippen molar-refractivity contribution in [3.8, 4) is 5.69 Å². The molecular weight excluding hydrogens is 442 g/mol. The average molecular weight is 457 g/mol. The summed E-state index contributed by atoms with van der Waals surface area (Å²) in [6.45, 7) is 0. The molecule has 5 aromatic rings. The molecule has 3 aromatic heterocycles. The molecule has 28 heavy (non-hydrogen) atoms. The van der Waals surface area contributed by atoms with Gasteiger partial charge < -0.3 is 22.1 Å². The number of pyridine rings is 1. The summed E-state index contributed by atoms with van der Waals surface area (Å²) in [4.78, 5) is 15.9. The van der Waals surface area contributed by atoms with E-state index in [1.165, 1.54) is 7.11 Å². The first kappa shape index (κ1) is 18.5. The molecule has 0 aliphatic carbocycles. The maximum Gasteiger partial charge on any atom is 0.378 e. The normalized spacial score (nSPS) is 11.1. The Morgan fingerprint density at radius 3 is 2.71 bits per heavy atom. The van der Waals surface area contributed by atoms with E-state index in [9.17, 15) is 4.79 Å². The fourth-order valence-corrected chi connectivity index (χ4v) is 3.94. The van der Waals surface area contributed by atoms with Crippen molar-refractivity contribution >= 4 is 49.2 Å². The van der Waals surface area contributed by atoms with Gasteiger partial charge >= 0.3 is 5.97 Å². The summed E-state index contributed by atoms with van der Waals surface area (Å²) in [5.41, 5.74) is 4.40. The molecule has 1 N–H and O–H groups in total. The van der Waals surface area contributed by atoms with Crippen molar-refractivity contribution in [3.05, 3.63) is 77.3 Å². The predicted molar refractivity (Wildman–Crippen MR) is 107 cm³/mol. The van der Waals surface area contributed by atoms with E-state index in [1.54, 1.807) is 0 Å². The topological polar surface area (TPSA) is 51.1 Å². The first-order valence-electron chi connectivity index (χ1n) is 8.47. The third-order valence-electron chi connectivity index (χ3n) is 4.80. The van der Waals surface area contributed by atoms with Crippen molar-refractivity contribution in [1.29, 1.82) is 0 Å². The van der Waals surface area contributed by atoms with Crippen LogP contribution in [0.2, 0.25) is 0 Å². The number of carbonyl (C=O) groups excluding carboxylic acids is 1. The number of esters is 1. The molecule has 0 aliphatic heterocycles. The summed E-state index contributed by atoms with van der Waals surface area (Å²) in [5, 5.41) is 2.08. The minimum atomic E-state index is -0.371. The number of imidazole rings is 1.